The minimum absolute atomic E-state index is 0.235. The van der Waals surface area contributed by atoms with Crippen LogP contribution in [0.3, 0.4) is 0 Å². The van der Waals surface area contributed by atoms with Crippen molar-refractivity contribution in [1.82, 2.24) is 10.2 Å². The number of hydrogen-bond donors (Lipinski definition) is 1. The zero-order chi connectivity index (χ0) is 12.9. The van der Waals surface area contributed by atoms with Crippen molar-refractivity contribution < 1.29 is 13.2 Å². The molecule has 102 valence electrons. The lowest BCUT2D eigenvalue weighted by Gasteiger charge is -2.35. The number of alkyl halides is 3. The lowest BCUT2D eigenvalue weighted by molar-refractivity contribution is -0.135. The molecule has 1 saturated heterocycles. The van der Waals surface area contributed by atoms with E-state index in [-0.39, 0.29) is 6.42 Å². The van der Waals surface area contributed by atoms with Crippen LogP contribution >= 0.6 is 0 Å². The van der Waals surface area contributed by atoms with Crippen molar-refractivity contribution in [3.63, 3.8) is 0 Å². The van der Waals surface area contributed by atoms with E-state index in [4.69, 9.17) is 0 Å². The summed E-state index contributed by atoms with van der Waals surface area (Å²) in [6.45, 7) is 3.97. The van der Waals surface area contributed by atoms with E-state index in [1.165, 1.54) is 0 Å². The summed E-state index contributed by atoms with van der Waals surface area (Å²) >= 11 is 0. The Morgan fingerprint density at radius 1 is 1.29 bits per heavy atom. The van der Waals surface area contributed by atoms with Gasteiger partial charge in [0.2, 0.25) is 0 Å². The Kier molecular flexibility index (Phi) is 5.73. The second-order valence-corrected chi connectivity index (χ2v) is 5.08. The van der Waals surface area contributed by atoms with Crippen LogP contribution in [0, 0.1) is 0 Å². The Hall–Kier alpha value is -0.290. The van der Waals surface area contributed by atoms with Crippen LogP contribution in [0.1, 0.15) is 39.0 Å². The number of unbranched alkanes of at least 4 members (excludes halogenated alkanes) is 1. The molecule has 1 fully saturated rings. The Morgan fingerprint density at radius 2 is 2.00 bits per heavy atom. The van der Waals surface area contributed by atoms with Crippen molar-refractivity contribution in [2.45, 2.75) is 57.3 Å². The summed E-state index contributed by atoms with van der Waals surface area (Å²) in [7, 11) is 2.12. The van der Waals surface area contributed by atoms with Crippen molar-refractivity contribution in [2.24, 2.45) is 0 Å². The topological polar surface area (TPSA) is 15.3 Å². The molecule has 0 amide bonds. The molecule has 0 bridgehead atoms. The quantitative estimate of drug-likeness (QED) is 0.757. The smallest absolute Gasteiger partial charge is 0.314 e. The predicted octanol–water partition coefficient (Wildman–Crippen LogP) is 2.79. The van der Waals surface area contributed by atoms with E-state index in [0.29, 0.717) is 25.0 Å². The number of nitrogens with one attached hydrogen (secondary N) is 1. The summed E-state index contributed by atoms with van der Waals surface area (Å²) < 4.78 is 35.7. The zero-order valence-corrected chi connectivity index (χ0v) is 10.7. The SMILES string of the molecule is CC1CC(NCCCCC(F)(F)F)CCN1C. The number of nitrogens with zero attached hydrogens (tertiary/aromatic N) is 1. The molecule has 1 heterocycles. The predicted molar refractivity (Wildman–Crippen MR) is 63.0 cm³/mol. The van der Waals surface area contributed by atoms with E-state index < -0.39 is 12.6 Å². The molecule has 1 rings (SSSR count). The Bertz CT molecular complexity index is 218. The molecule has 5 heteroatoms. The maximum absolute atomic E-state index is 11.9. The molecular weight excluding hydrogens is 229 g/mol. The molecule has 0 aliphatic carbocycles. The summed E-state index contributed by atoms with van der Waals surface area (Å²) in [6.07, 6.45) is -1.62. The standard InChI is InChI=1S/C12H23F3N2/c1-10-9-11(5-8-17(10)2)16-7-4-3-6-12(13,14)15/h10-11,16H,3-9H2,1-2H3. The van der Waals surface area contributed by atoms with Gasteiger partial charge in [-0.05, 0) is 52.7 Å². The van der Waals surface area contributed by atoms with Crippen molar-refractivity contribution in [3.8, 4) is 0 Å². The van der Waals surface area contributed by atoms with Crippen LogP contribution in [0.15, 0.2) is 0 Å². The lowest BCUT2D eigenvalue weighted by Crippen LogP contribution is -2.45. The molecule has 0 aromatic heterocycles. The molecule has 0 spiro atoms. The van der Waals surface area contributed by atoms with Crippen LogP contribution in [0.4, 0.5) is 13.2 Å². The van der Waals surface area contributed by atoms with E-state index >= 15 is 0 Å². The molecule has 2 nitrogen and oxygen atoms in total. The third-order valence-electron chi connectivity index (χ3n) is 3.53. The first-order valence-corrected chi connectivity index (χ1v) is 6.39. The van der Waals surface area contributed by atoms with Crippen molar-refractivity contribution >= 4 is 0 Å². The van der Waals surface area contributed by atoms with E-state index in [2.05, 4.69) is 24.2 Å². The maximum Gasteiger partial charge on any atom is 0.389 e. The summed E-state index contributed by atoms with van der Waals surface area (Å²) in [5.74, 6) is 0. The summed E-state index contributed by atoms with van der Waals surface area (Å²) in [5.41, 5.74) is 0. The molecule has 0 aromatic carbocycles. The maximum atomic E-state index is 11.9. The summed E-state index contributed by atoms with van der Waals surface area (Å²) in [4.78, 5) is 2.32. The average molecular weight is 252 g/mol. The van der Waals surface area contributed by atoms with E-state index in [0.717, 1.165) is 19.4 Å². The Morgan fingerprint density at radius 3 is 2.59 bits per heavy atom. The normalized spacial score (nSPS) is 27.4. The van der Waals surface area contributed by atoms with E-state index in [9.17, 15) is 13.2 Å². The fourth-order valence-corrected chi connectivity index (χ4v) is 2.23. The molecule has 1 N–H and O–H groups in total. The monoisotopic (exact) mass is 252 g/mol. The van der Waals surface area contributed by atoms with Crippen molar-refractivity contribution in [2.75, 3.05) is 20.1 Å². The second-order valence-electron chi connectivity index (χ2n) is 5.08. The first-order chi connectivity index (χ1) is 7.88. The number of likely N-dealkylation sites (tertiary alicyclic amines) is 1. The minimum atomic E-state index is -4.00. The zero-order valence-electron chi connectivity index (χ0n) is 10.7. The van der Waals surface area contributed by atoms with Gasteiger partial charge in [0.25, 0.3) is 0 Å². The van der Waals surface area contributed by atoms with Crippen LogP contribution in [0.25, 0.3) is 0 Å². The van der Waals surface area contributed by atoms with E-state index in [1.807, 2.05) is 0 Å². The van der Waals surface area contributed by atoms with Gasteiger partial charge in [0.05, 0.1) is 0 Å². The van der Waals surface area contributed by atoms with Gasteiger partial charge >= 0.3 is 6.18 Å². The highest BCUT2D eigenvalue weighted by Crippen LogP contribution is 2.22. The number of hydrogen-bond acceptors (Lipinski definition) is 2. The number of rotatable bonds is 5. The van der Waals surface area contributed by atoms with E-state index in [1.54, 1.807) is 0 Å². The molecule has 0 radical (unpaired) electrons. The lowest BCUT2D eigenvalue weighted by atomic mass is 9.99. The van der Waals surface area contributed by atoms with Gasteiger partial charge in [-0.1, -0.05) is 0 Å². The van der Waals surface area contributed by atoms with Gasteiger partial charge in [-0.3, -0.25) is 0 Å². The van der Waals surface area contributed by atoms with Crippen LogP contribution in [-0.4, -0.2) is 43.3 Å². The Balaban J connectivity index is 2.04. The molecule has 0 saturated carbocycles. The molecule has 1 aliphatic heterocycles. The summed E-state index contributed by atoms with van der Waals surface area (Å²) in [5, 5.41) is 3.36. The second kappa shape index (κ2) is 6.59. The number of piperidine rings is 1. The van der Waals surface area contributed by atoms with Crippen LogP contribution < -0.4 is 5.32 Å². The Labute approximate surface area is 102 Å². The first-order valence-electron chi connectivity index (χ1n) is 6.39. The minimum Gasteiger partial charge on any atom is -0.314 e. The van der Waals surface area contributed by atoms with Gasteiger partial charge in [0.15, 0.2) is 0 Å². The largest absolute Gasteiger partial charge is 0.389 e. The first kappa shape index (κ1) is 14.8. The molecular formula is C12H23F3N2. The fourth-order valence-electron chi connectivity index (χ4n) is 2.23. The van der Waals surface area contributed by atoms with Gasteiger partial charge < -0.3 is 10.2 Å². The summed E-state index contributed by atoms with van der Waals surface area (Å²) in [6, 6.07) is 1.04. The van der Waals surface area contributed by atoms with Crippen LogP contribution in [-0.2, 0) is 0 Å². The molecule has 17 heavy (non-hydrogen) atoms. The van der Waals surface area contributed by atoms with Gasteiger partial charge in [0.1, 0.15) is 0 Å². The van der Waals surface area contributed by atoms with Gasteiger partial charge in [-0.2, -0.15) is 13.2 Å². The van der Waals surface area contributed by atoms with Crippen LogP contribution in [0.2, 0.25) is 0 Å². The molecule has 2 atom stereocenters. The number of halogens is 3. The van der Waals surface area contributed by atoms with Crippen LogP contribution in [0.5, 0.6) is 0 Å². The molecule has 1 aliphatic rings. The van der Waals surface area contributed by atoms with Crippen molar-refractivity contribution in [3.05, 3.63) is 0 Å². The molecule has 2 unspecified atom stereocenters. The third-order valence-corrected chi connectivity index (χ3v) is 3.53. The fraction of sp³-hybridized carbons (Fsp3) is 1.00. The highest BCUT2D eigenvalue weighted by Gasteiger charge is 2.26. The highest BCUT2D eigenvalue weighted by atomic mass is 19.4. The van der Waals surface area contributed by atoms with Gasteiger partial charge in [0, 0.05) is 18.5 Å². The van der Waals surface area contributed by atoms with Gasteiger partial charge in [-0.25, -0.2) is 0 Å². The average Bonchev–Trinajstić information content (AvgIpc) is 2.21. The van der Waals surface area contributed by atoms with Gasteiger partial charge in [-0.15, -0.1) is 0 Å². The molecule has 0 aromatic rings. The highest BCUT2D eigenvalue weighted by molar-refractivity contribution is 4.80. The third kappa shape index (κ3) is 6.27. The van der Waals surface area contributed by atoms with Crippen molar-refractivity contribution in [1.29, 1.82) is 0 Å².